The topological polar surface area (TPSA) is 82.1 Å². The Kier molecular flexibility index (Phi) is 6.13. The molecule has 0 aliphatic carbocycles. The van der Waals surface area contributed by atoms with E-state index in [1.807, 2.05) is 36.1 Å². The van der Waals surface area contributed by atoms with E-state index >= 15 is 0 Å². The number of nitrogens with zero attached hydrogens (tertiary/aromatic N) is 6. The predicted octanol–water partition coefficient (Wildman–Crippen LogP) is 1.32. The van der Waals surface area contributed by atoms with Crippen LogP contribution in [0.1, 0.15) is 12.0 Å². The first-order valence-electron chi connectivity index (χ1n) is 11.6. The number of piperazine rings is 1. The van der Waals surface area contributed by atoms with Crippen LogP contribution in [0.25, 0.3) is 0 Å². The van der Waals surface area contributed by atoms with Crippen LogP contribution in [0.2, 0.25) is 0 Å². The lowest BCUT2D eigenvalue weighted by molar-refractivity contribution is -0.136. The molecule has 3 aliphatic heterocycles. The minimum atomic E-state index is -0.283. The smallest absolute Gasteiger partial charge is 0.228 e. The van der Waals surface area contributed by atoms with Gasteiger partial charge in [-0.1, -0.05) is 17.7 Å². The Labute approximate surface area is 193 Å². The summed E-state index contributed by atoms with van der Waals surface area (Å²) in [6.45, 7) is 8.28. The predicted molar refractivity (Wildman–Crippen MR) is 125 cm³/mol. The Bertz CT molecular complexity index is 1000. The van der Waals surface area contributed by atoms with Crippen molar-refractivity contribution in [3.63, 3.8) is 0 Å². The van der Waals surface area contributed by atoms with Crippen LogP contribution in [0.5, 0.6) is 0 Å². The third-order valence-corrected chi connectivity index (χ3v) is 6.74. The van der Waals surface area contributed by atoms with Crippen molar-refractivity contribution in [2.75, 3.05) is 73.7 Å². The number of rotatable bonds is 4. The summed E-state index contributed by atoms with van der Waals surface area (Å²) >= 11 is 0. The second-order valence-electron chi connectivity index (χ2n) is 8.92. The molecule has 3 aliphatic rings. The van der Waals surface area contributed by atoms with E-state index in [9.17, 15) is 9.59 Å². The summed E-state index contributed by atoms with van der Waals surface area (Å²) in [7, 11) is 0. The van der Waals surface area contributed by atoms with Crippen molar-refractivity contribution in [1.29, 1.82) is 0 Å². The monoisotopic (exact) mass is 450 g/mol. The number of aromatic nitrogens is 2. The first-order valence-corrected chi connectivity index (χ1v) is 11.6. The van der Waals surface area contributed by atoms with Crippen LogP contribution in [0.15, 0.2) is 36.5 Å². The van der Waals surface area contributed by atoms with Gasteiger partial charge in [0.2, 0.25) is 11.8 Å². The third kappa shape index (κ3) is 4.64. The van der Waals surface area contributed by atoms with E-state index in [1.165, 1.54) is 0 Å². The lowest BCUT2D eigenvalue weighted by Gasteiger charge is -2.36. The van der Waals surface area contributed by atoms with Crippen molar-refractivity contribution >= 4 is 29.0 Å². The standard InChI is InChI=1S/C24H30N6O3/c1-18-2-4-20(5-3-18)30-17-19(14-23(30)31)24(32)29-8-6-28(7-9-29)22-15-21(16-25-26-22)27-10-12-33-13-11-27/h2-5,15-16,19H,6-14,17H2,1H3. The van der Waals surface area contributed by atoms with Gasteiger partial charge in [-0.2, -0.15) is 5.10 Å². The zero-order valence-corrected chi connectivity index (χ0v) is 19.0. The second-order valence-corrected chi connectivity index (χ2v) is 8.92. The van der Waals surface area contributed by atoms with Crippen molar-refractivity contribution < 1.29 is 14.3 Å². The molecule has 5 rings (SSSR count). The number of morpholine rings is 1. The Morgan fingerprint density at radius 2 is 1.70 bits per heavy atom. The molecule has 0 spiro atoms. The van der Waals surface area contributed by atoms with Crippen LogP contribution in [-0.4, -0.2) is 85.9 Å². The van der Waals surface area contributed by atoms with Gasteiger partial charge in [-0.15, -0.1) is 5.10 Å². The minimum absolute atomic E-state index is 0.0195. The second kappa shape index (κ2) is 9.35. The molecule has 3 saturated heterocycles. The molecule has 1 atom stereocenters. The van der Waals surface area contributed by atoms with Gasteiger partial charge in [0.25, 0.3) is 0 Å². The van der Waals surface area contributed by atoms with Gasteiger partial charge in [-0.25, -0.2) is 0 Å². The summed E-state index contributed by atoms with van der Waals surface area (Å²) in [6.07, 6.45) is 2.07. The van der Waals surface area contributed by atoms with Gasteiger partial charge in [0, 0.05) is 64.0 Å². The first kappa shape index (κ1) is 21.6. The fourth-order valence-corrected chi connectivity index (χ4v) is 4.76. The molecule has 1 aromatic heterocycles. The van der Waals surface area contributed by atoms with Crippen LogP contribution in [0, 0.1) is 12.8 Å². The molecule has 2 aromatic rings. The summed E-state index contributed by atoms with van der Waals surface area (Å²) < 4.78 is 5.44. The summed E-state index contributed by atoms with van der Waals surface area (Å²) in [6, 6.07) is 9.96. The van der Waals surface area contributed by atoms with E-state index in [-0.39, 0.29) is 24.2 Å². The Hall–Kier alpha value is -3.20. The number of hydrogen-bond donors (Lipinski definition) is 0. The van der Waals surface area contributed by atoms with Crippen LogP contribution in [-0.2, 0) is 14.3 Å². The summed E-state index contributed by atoms with van der Waals surface area (Å²) in [4.78, 5) is 33.8. The molecule has 3 fully saturated rings. The lowest BCUT2D eigenvalue weighted by Crippen LogP contribution is -2.51. The van der Waals surface area contributed by atoms with E-state index in [0.717, 1.165) is 49.1 Å². The van der Waals surface area contributed by atoms with Crippen LogP contribution >= 0.6 is 0 Å². The molecule has 9 heteroatoms. The largest absolute Gasteiger partial charge is 0.378 e. The van der Waals surface area contributed by atoms with Gasteiger partial charge < -0.3 is 24.3 Å². The molecule has 0 bridgehead atoms. The maximum atomic E-state index is 13.2. The zero-order chi connectivity index (χ0) is 22.8. The molecule has 0 saturated carbocycles. The van der Waals surface area contributed by atoms with E-state index in [0.29, 0.717) is 32.7 Å². The van der Waals surface area contributed by atoms with E-state index < -0.39 is 0 Å². The summed E-state index contributed by atoms with van der Waals surface area (Å²) in [5.74, 6) is 0.652. The van der Waals surface area contributed by atoms with Crippen molar-refractivity contribution in [1.82, 2.24) is 15.1 Å². The fraction of sp³-hybridized carbons (Fsp3) is 0.500. The van der Waals surface area contributed by atoms with Crippen molar-refractivity contribution in [2.24, 2.45) is 5.92 Å². The Balaban J connectivity index is 1.18. The maximum Gasteiger partial charge on any atom is 0.228 e. The highest BCUT2D eigenvalue weighted by molar-refractivity contribution is 6.00. The van der Waals surface area contributed by atoms with Gasteiger partial charge in [0.05, 0.1) is 31.0 Å². The zero-order valence-electron chi connectivity index (χ0n) is 19.0. The Morgan fingerprint density at radius 1 is 0.970 bits per heavy atom. The normalized spacial score (nSPS) is 21.6. The quantitative estimate of drug-likeness (QED) is 0.695. The number of hydrogen-bond acceptors (Lipinski definition) is 7. The highest BCUT2D eigenvalue weighted by Gasteiger charge is 2.38. The number of aryl methyl sites for hydroxylation is 1. The number of carbonyl (C=O) groups excluding carboxylic acids is 2. The number of anilines is 3. The molecule has 2 amide bonds. The number of ether oxygens (including phenoxy) is 1. The molecule has 0 N–H and O–H groups in total. The molecule has 0 radical (unpaired) electrons. The number of carbonyl (C=O) groups is 2. The number of benzene rings is 1. The fourth-order valence-electron chi connectivity index (χ4n) is 4.76. The molecule has 9 nitrogen and oxygen atoms in total. The Morgan fingerprint density at radius 3 is 2.42 bits per heavy atom. The molecular formula is C24H30N6O3. The number of amides is 2. The maximum absolute atomic E-state index is 13.2. The lowest BCUT2D eigenvalue weighted by atomic mass is 10.1. The third-order valence-electron chi connectivity index (χ3n) is 6.74. The van der Waals surface area contributed by atoms with E-state index in [1.54, 1.807) is 11.1 Å². The molecule has 174 valence electrons. The average molecular weight is 451 g/mol. The molecule has 1 unspecified atom stereocenters. The summed E-state index contributed by atoms with van der Waals surface area (Å²) in [5, 5.41) is 8.53. The van der Waals surface area contributed by atoms with Crippen molar-refractivity contribution in [2.45, 2.75) is 13.3 Å². The first-order chi connectivity index (χ1) is 16.1. The van der Waals surface area contributed by atoms with Crippen LogP contribution in [0.3, 0.4) is 0 Å². The van der Waals surface area contributed by atoms with Crippen molar-refractivity contribution in [3.8, 4) is 0 Å². The van der Waals surface area contributed by atoms with Gasteiger partial charge in [-0.3, -0.25) is 9.59 Å². The van der Waals surface area contributed by atoms with Gasteiger partial charge in [-0.05, 0) is 19.1 Å². The van der Waals surface area contributed by atoms with Crippen LogP contribution < -0.4 is 14.7 Å². The molecule has 33 heavy (non-hydrogen) atoms. The molecule has 1 aromatic carbocycles. The van der Waals surface area contributed by atoms with E-state index in [4.69, 9.17) is 4.74 Å². The van der Waals surface area contributed by atoms with E-state index in [2.05, 4.69) is 26.1 Å². The highest BCUT2D eigenvalue weighted by Crippen LogP contribution is 2.27. The summed E-state index contributed by atoms with van der Waals surface area (Å²) in [5.41, 5.74) is 3.07. The molecular weight excluding hydrogens is 420 g/mol. The van der Waals surface area contributed by atoms with Crippen LogP contribution in [0.4, 0.5) is 17.2 Å². The average Bonchev–Trinajstić information content (AvgIpc) is 3.26. The SMILES string of the molecule is Cc1ccc(N2CC(C(=O)N3CCN(c4cc(N5CCOCC5)cnn4)CC3)CC2=O)cc1. The molecule has 4 heterocycles. The van der Waals surface area contributed by atoms with Gasteiger partial charge >= 0.3 is 0 Å². The highest BCUT2D eigenvalue weighted by atomic mass is 16.5. The van der Waals surface area contributed by atoms with Gasteiger partial charge in [0.15, 0.2) is 5.82 Å². The minimum Gasteiger partial charge on any atom is -0.378 e. The van der Waals surface area contributed by atoms with Gasteiger partial charge in [0.1, 0.15) is 0 Å². The van der Waals surface area contributed by atoms with Crippen molar-refractivity contribution in [3.05, 3.63) is 42.1 Å².